The van der Waals surface area contributed by atoms with E-state index in [9.17, 15) is 9.59 Å². The Balaban J connectivity index is 2.49. The van der Waals surface area contributed by atoms with Crippen LogP contribution in [0.3, 0.4) is 0 Å². The van der Waals surface area contributed by atoms with Crippen LogP contribution in [0.15, 0.2) is 35.4 Å². The molecule has 6 nitrogen and oxygen atoms in total. The smallest absolute Gasteiger partial charge is 0.354 e. The molecule has 0 bridgehead atoms. The monoisotopic (exact) mass is 276 g/mol. The van der Waals surface area contributed by atoms with Gasteiger partial charge >= 0.3 is 11.9 Å². The number of hydrogen-bond donors (Lipinski definition) is 1. The van der Waals surface area contributed by atoms with E-state index in [1.54, 1.807) is 6.92 Å². The molecule has 2 rings (SSSR count). The normalized spacial score (nSPS) is 24.6. The lowest BCUT2D eigenvalue weighted by Crippen LogP contribution is -2.50. The Morgan fingerprint density at radius 2 is 1.85 bits per heavy atom. The summed E-state index contributed by atoms with van der Waals surface area (Å²) >= 11 is 0. The summed E-state index contributed by atoms with van der Waals surface area (Å²) in [7, 11) is 2.58. The molecule has 0 unspecified atom stereocenters. The molecule has 6 heteroatoms. The number of rotatable bonds is 3. The second kappa shape index (κ2) is 5.32. The number of esters is 2. The van der Waals surface area contributed by atoms with Gasteiger partial charge in [0.15, 0.2) is 11.3 Å². The van der Waals surface area contributed by atoms with Gasteiger partial charge in [-0.25, -0.2) is 9.59 Å². The molecular weight excluding hydrogens is 260 g/mol. The average Bonchev–Trinajstić information content (AvgIpc) is 2.85. The predicted octanol–water partition coefficient (Wildman–Crippen LogP) is 0.834. The van der Waals surface area contributed by atoms with E-state index in [-0.39, 0.29) is 5.71 Å². The Kier molecular flexibility index (Phi) is 3.74. The lowest BCUT2D eigenvalue weighted by molar-refractivity contribution is -0.147. The van der Waals surface area contributed by atoms with Crippen LogP contribution in [0.25, 0.3) is 0 Å². The quantitative estimate of drug-likeness (QED) is 0.828. The first-order valence-electron chi connectivity index (χ1n) is 6.11. The summed E-state index contributed by atoms with van der Waals surface area (Å²) in [5, 5.41) is 3.98. The second-order valence-electron chi connectivity index (χ2n) is 4.64. The standard InChI is InChI=1S/C14H16N2O4/c1-14(13(18)20-3)10(9-7-5-4-6-8-9)11(15-16-14)12(17)19-2/h4-8,10,16H,1-3H3/t10-,14+/m1/s1. The number of nitrogens with zero attached hydrogens (tertiary/aromatic N) is 1. The molecule has 1 aliphatic rings. The van der Waals surface area contributed by atoms with Crippen molar-refractivity contribution in [3.63, 3.8) is 0 Å². The Morgan fingerprint density at radius 3 is 2.40 bits per heavy atom. The van der Waals surface area contributed by atoms with Gasteiger partial charge < -0.3 is 9.47 Å². The van der Waals surface area contributed by atoms with E-state index in [0.29, 0.717) is 0 Å². The first-order chi connectivity index (χ1) is 9.54. The molecule has 1 aromatic carbocycles. The minimum atomic E-state index is -1.14. The fraction of sp³-hybridized carbons (Fsp3) is 0.357. The van der Waals surface area contributed by atoms with Gasteiger partial charge in [-0.05, 0) is 12.5 Å². The molecule has 0 aromatic heterocycles. The summed E-state index contributed by atoms with van der Waals surface area (Å²) in [5.41, 5.74) is 2.52. The maximum Gasteiger partial charge on any atom is 0.354 e. The third-order valence-corrected chi connectivity index (χ3v) is 3.40. The molecule has 0 radical (unpaired) electrons. The molecule has 20 heavy (non-hydrogen) atoms. The molecule has 2 atom stereocenters. The van der Waals surface area contributed by atoms with Crippen molar-refractivity contribution in [3.8, 4) is 0 Å². The molecule has 0 saturated carbocycles. The second-order valence-corrected chi connectivity index (χ2v) is 4.64. The van der Waals surface area contributed by atoms with Crippen LogP contribution in [0.4, 0.5) is 0 Å². The van der Waals surface area contributed by atoms with E-state index >= 15 is 0 Å². The third kappa shape index (κ3) is 2.13. The zero-order valence-electron chi connectivity index (χ0n) is 11.5. The molecule has 1 aromatic rings. The van der Waals surface area contributed by atoms with E-state index in [1.165, 1.54) is 14.2 Å². The Labute approximate surface area is 116 Å². The highest BCUT2D eigenvalue weighted by Gasteiger charge is 2.52. The van der Waals surface area contributed by atoms with Gasteiger partial charge in [-0.3, -0.25) is 5.43 Å². The van der Waals surface area contributed by atoms with Gasteiger partial charge in [0.25, 0.3) is 0 Å². The summed E-state index contributed by atoms with van der Waals surface area (Å²) in [6, 6.07) is 9.19. The van der Waals surface area contributed by atoms with Crippen molar-refractivity contribution < 1.29 is 19.1 Å². The molecule has 0 aliphatic carbocycles. The fourth-order valence-electron chi connectivity index (χ4n) is 2.36. The predicted molar refractivity (Wildman–Crippen MR) is 72.2 cm³/mol. The van der Waals surface area contributed by atoms with Crippen molar-refractivity contribution in [1.82, 2.24) is 5.43 Å². The summed E-state index contributed by atoms with van der Waals surface area (Å²) < 4.78 is 9.55. The van der Waals surface area contributed by atoms with E-state index < -0.39 is 23.4 Å². The van der Waals surface area contributed by atoms with Crippen LogP contribution in [-0.4, -0.2) is 37.4 Å². The summed E-state index contributed by atoms with van der Waals surface area (Å²) in [6.45, 7) is 1.65. The fourth-order valence-corrected chi connectivity index (χ4v) is 2.36. The number of ether oxygens (including phenoxy) is 2. The first kappa shape index (κ1) is 14.0. The SMILES string of the molecule is COC(=O)C1=NN[C@](C)(C(=O)OC)[C@@H]1c1ccccc1. The number of benzene rings is 1. The molecular formula is C14H16N2O4. The van der Waals surface area contributed by atoms with Gasteiger partial charge in [0.2, 0.25) is 0 Å². The van der Waals surface area contributed by atoms with Crippen LogP contribution in [0, 0.1) is 0 Å². The van der Waals surface area contributed by atoms with Crippen LogP contribution in [0.1, 0.15) is 18.4 Å². The van der Waals surface area contributed by atoms with E-state index in [0.717, 1.165) is 5.56 Å². The molecule has 1 heterocycles. The number of carbonyl (C=O) groups is 2. The van der Waals surface area contributed by atoms with Crippen molar-refractivity contribution >= 4 is 17.7 Å². The highest BCUT2D eigenvalue weighted by Crippen LogP contribution is 2.35. The average molecular weight is 276 g/mol. The zero-order chi connectivity index (χ0) is 14.8. The highest BCUT2D eigenvalue weighted by molar-refractivity contribution is 6.40. The Morgan fingerprint density at radius 1 is 1.20 bits per heavy atom. The number of carbonyl (C=O) groups excluding carboxylic acids is 2. The van der Waals surface area contributed by atoms with Gasteiger partial charge in [0, 0.05) is 0 Å². The molecule has 0 amide bonds. The number of hydrazone groups is 1. The van der Waals surface area contributed by atoms with Crippen LogP contribution in [0.5, 0.6) is 0 Å². The minimum Gasteiger partial charge on any atom is -0.467 e. The van der Waals surface area contributed by atoms with Crippen LogP contribution in [-0.2, 0) is 19.1 Å². The van der Waals surface area contributed by atoms with Gasteiger partial charge in [-0.2, -0.15) is 5.10 Å². The van der Waals surface area contributed by atoms with Crippen LogP contribution in [0.2, 0.25) is 0 Å². The van der Waals surface area contributed by atoms with Crippen molar-refractivity contribution in [2.45, 2.75) is 18.4 Å². The molecule has 0 spiro atoms. The van der Waals surface area contributed by atoms with E-state index in [2.05, 4.69) is 10.5 Å². The van der Waals surface area contributed by atoms with Crippen molar-refractivity contribution in [2.75, 3.05) is 14.2 Å². The van der Waals surface area contributed by atoms with Crippen LogP contribution >= 0.6 is 0 Å². The molecule has 0 saturated heterocycles. The third-order valence-electron chi connectivity index (χ3n) is 3.40. The summed E-state index contributed by atoms with van der Waals surface area (Å²) in [5.74, 6) is -1.63. The molecule has 1 aliphatic heterocycles. The Bertz CT molecular complexity index is 556. The lowest BCUT2D eigenvalue weighted by Gasteiger charge is -2.28. The maximum absolute atomic E-state index is 12.1. The van der Waals surface area contributed by atoms with Crippen molar-refractivity contribution in [2.24, 2.45) is 5.10 Å². The van der Waals surface area contributed by atoms with Gasteiger partial charge in [0.05, 0.1) is 20.1 Å². The van der Waals surface area contributed by atoms with E-state index in [4.69, 9.17) is 9.47 Å². The van der Waals surface area contributed by atoms with Gasteiger partial charge in [0.1, 0.15) is 0 Å². The number of methoxy groups -OCH3 is 2. The minimum absolute atomic E-state index is 0.159. The topological polar surface area (TPSA) is 77.0 Å². The summed E-state index contributed by atoms with van der Waals surface area (Å²) in [4.78, 5) is 23.9. The van der Waals surface area contributed by atoms with Gasteiger partial charge in [-0.15, -0.1) is 0 Å². The van der Waals surface area contributed by atoms with Crippen molar-refractivity contribution in [1.29, 1.82) is 0 Å². The lowest BCUT2D eigenvalue weighted by atomic mass is 9.79. The zero-order valence-corrected chi connectivity index (χ0v) is 11.5. The van der Waals surface area contributed by atoms with Gasteiger partial charge in [-0.1, -0.05) is 30.3 Å². The van der Waals surface area contributed by atoms with Crippen molar-refractivity contribution in [3.05, 3.63) is 35.9 Å². The number of nitrogens with one attached hydrogen (secondary N) is 1. The van der Waals surface area contributed by atoms with E-state index in [1.807, 2.05) is 30.3 Å². The van der Waals surface area contributed by atoms with Crippen LogP contribution < -0.4 is 5.43 Å². The molecule has 0 fully saturated rings. The molecule has 1 N–H and O–H groups in total. The number of hydrogen-bond acceptors (Lipinski definition) is 6. The Hall–Kier alpha value is -2.37. The molecule has 106 valence electrons. The first-order valence-corrected chi connectivity index (χ1v) is 6.11. The largest absolute Gasteiger partial charge is 0.467 e. The maximum atomic E-state index is 12.1. The summed E-state index contributed by atoms with van der Waals surface area (Å²) in [6.07, 6.45) is 0. The highest BCUT2D eigenvalue weighted by atomic mass is 16.5.